The van der Waals surface area contributed by atoms with Crippen LogP contribution >= 0.6 is 0 Å². The summed E-state index contributed by atoms with van der Waals surface area (Å²) in [6.45, 7) is 0. The van der Waals surface area contributed by atoms with Gasteiger partial charge in [0.1, 0.15) is 0 Å². The Morgan fingerprint density at radius 3 is 0.800 bits per heavy atom. The number of hydrogen-bond donors (Lipinski definition) is 0. The van der Waals surface area contributed by atoms with Crippen molar-refractivity contribution in [1.29, 1.82) is 0 Å². The standard InChI is InChI=1S/Ce.2O.Pr.Zr/q;2*-2;;+4. The van der Waals surface area contributed by atoms with E-state index in [1.807, 2.05) is 0 Å². The van der Waals surface area contributed by atoms with Crippen LogP contribution in [-0.4, -0.2) is 0 Å². The normalized spacial score (nSPS) is 0. The molecular formula is CeO2PrZr. The Labute approximate surface area is 117 Å². The summed E-state index contributed by atoms with van der Waals surface area (Å²) in [7, 11) is 0. The Morgan fingerprint density at radius 1 is 0.800 bits per heavy atom. The van der Waals surface area contributed by atoms with Crippen molar-refractivity contribution in [2.75, 3.05) is 0 Å². The van der Waals surface area contributed by atoms with Gasteiger partial charge in [-0.2, -0.15) is 0 Å². The molecule has 0 unspecified atom stereocenters. The molecule has 0 bridgehead atoms. The van der Waals surface area contributed by atoms with E-state index < -0.39 is 0 Å². The van der Waals surface area contributed by atoms with Crippen molar-refractivity contribution in [3.63, 3.8) is 0 Å². The van der Waals surface area contributed by atoms with Crippen molar-refractivity contribution >= 4 is 0 Å². The molecule has 2 nitrogen and oxygen atoms in total. The molecule has 0 saturated carbocycles. The van der Waals surface area contributed by atoms with Gasteiger partial charge in [0.15, 0.2) is 0 Å². The molecular weight excluding hydrogens is 404 g/mol. The van der Waals surface area contributed by atoms with Crippen molar-refractivity contribution in [3.05, 3.63) is 0 Å². The number of hydrogen-bond acceptors (Lipinski definition) is 0. The molecule has 0 spiro atoms. The largest absolute Gasteiger partial charge is 4.00 e. The third kappa shape index (κ3) is 18.5. The molecule has 0 heterocycles. The van der Waals surface area contributed by atoms with E-state index in [1.54, 1.807) is 0 Å². The minimum Gasteiger partial charge on any atom is -2.00 e. The van der Waals surface area contributed by atoms with E-state index >= 15 is 0 Å². The molecule has 0 aromatic rings. The van der Waals surface area contributed by atoms with Gasteiger partial charge in [-0.05, 0) is 0 Å². The summed E-state index contributed by atoms with van der Waals surface area (Å²) in [6, 6.07) is 0. The molecule has 0 aromatic carbocycles. The number of rotatable bonds is 0. The van der Waals surface area contributed by atoms with Gasteiger partial charge in [0.25, 0.3) is 0 Å². The Balaban J connectivity index is 0. The molecule has 23 valence electrons. The SMILES string of the molecule is [Ce].[O-2].[O-2].[Pr].[Zr+4]. The first-order valence-electron chi connectivity index (χ1n) is 0. The fourth-order valence-corrected chi connectivity index (χ4v) is 0. The second-order valence-electron chi connectivity index (χ2n) is 0. The average molecular weight is 404 g/mol. The maximum atomic E-state index is 0. The Hall–Kier alpha value is 3.54. The zero-order chi connectivity index (χ0) is 0. The summed E-state index contributed by atoms with van der Waals surface area (Å²) in [5.74, 6) is 0. The molecule has 0 amide bonds. The fraction of sp³-hybridized carbons (Fsp3) is 0. The van der Waals surface area contributed by atoms with Crippen molar-refractivity contribution in [2.45, 2.75) is 0 Å². The minimum atomic E-state index is 0. The molecule has 0 atom stereocenters. The first kappa shape index (κ1) is 38.7. The summed E-state index contributed by atoms with van der Waals surface area (Å²) in [5, 5.41) is 0. The van der Waals surface area contributed by atoms with E-state index in [1.165, 1.54) is 0 Å². The van der Waals surface area contributed by atoms with Gasteiger partial charge in [-0.1, -0.05) is 0 Å². The third-order valence-electron chi connectivity index (χ3n) is 0. The van der Waals surface area contributed by atoms with Crippen molar-refractivity contribution in [2.24, 2.45) is 0 Å². The van der Waals surface area contributed by atoms with Crippen LogP contribution in [0.25, 0.3) is 0 Å². The van der Waals surface area contributed by atoms with Gasteiger partial charge < -0.3 is 11.0 Å². The van der Waals surface area contributed by atoms with Crippen molar-refractivity contribution < 1.29 is 120 Å². The van der Waals surface area contributed by atoms with Crippen molar-refractivity contribution in [3.8, 4) is 0 Å². The van der Waals surface area contributed by atoms with Crippen LogP contribution in [0.15, 0.2) is 0 Å². The zero-order valence-electron chi connectivity index (χ0n) is 2.39. The van der Waals surface area contributed by atoms with Crippen LogP contribution in [0.5, 0.6) is 0 Å². The third-order valence-corrected chi connectivity index (χ3v) is 0. The molecule has 0 N–H and O–H groups in total. The first-order valence-corrected chi connectivity index (χ1v) is 0. The Kier molecular flexibility index (Phi) is 199. The first-order chi connectivity index (χ1) is 0. The second-order valence-corrected chi connectivity index (χ2v) is 0. The smallest absolute Gasteiger partial charge is 2.00 e. The molecule has 0 rings (SSSR count). The van der Waals surface area contributed by atoms with Crippen LogP contribution in [0.2, 0.25) is 0 Å². The van der Waals surface area contributed by atoms with E-state index in [0.29, 0.717) is 0 Å². The van der Waals surface area contributed by atoms with Crippen LogP contribution in [0.1, 0.15) is 0 Å². The molecule has 5 heavy (non-hydrogen) atoms. The summed E-state index contributed by atoms with van der Waals surface area (Å²) < 4.78 is 0. The molecule has 0 aromatic heterocycles. The van der Waals surface area contributed by atoms with Gasteiger partial charge in [-0.3, -0.25) is 0 Å². The van der Waals surface area contributed by atoms with Crippen LogP contribution in [0.3, 0.4) is 0 Å². The molecule has 0 saturated heterocycles. The van der Waals surface area contributed by atoms with Crippen molar-refractivity contribution in [1.82, 2.24) is 0 Å². The van der Waals surface area contributed by atoms with E-state index in [4.69, 9.17) is 0 Å². The Bertz CT molecular complexity index is 9.61. The summed E-state index contributed by atoms with van der Waals surface area (Å²) in [4.78, 5) is 0. The van der Waals surface area contributed by atoms with Gasteiger partial charge in [0.2, 0.25) is 0 Å². The predicted octanol–water partition coefficient (Wildman–Crippen LogP) is -0.240. The van der Waals surface area contributed by atoms with E-state index in [2.05, 4.69) is 0 Å². The monoisotopic (exact) mass is 403 g/mol. The van der Waals surface area contributed by atoms with Gasteiger partial charge in [0, 0.05) is 83.0 Å². The van der Waals surface area contributed by atoms with Crippen LogP contribution < -0.4 is 0 Å². The zero-order valence-corrected chi connectivity index (χ0v) is 11.7. The average Bonchev–Trinajstić information content (AvgIpc) is 0. The predicted molar refractivity (Wildman–Crippen MR) is 1.37 cm³/mol. The summed E-state index contributed by atoms with van der Waals surface area (Å²) in [6.07, 6.45) is 0. The van der Waals surface area contributed by atoms with Crippen LogP contribution in [0, 0.1) is 83.0 Å². The molecule has 5 heteroatoms. The van der Waals surface area contributed by atoms with E-state index in [-0.39, 0.29) is 120 Å². The van der Waals surface area contributed by atoms with Gasteiger partial charge >= 0.3 is 26.2 Å². The van der Waals surface area contributed by atoms with E-state index in [9.17, 15) is 0 Å². The van der Waals surface area contributed by atoms with Gasteiger partial charge in [0.05, 0.1) is 0 Å². The van der Waals surface area contributed by atoms with E-state index in [0.717, 1.165) is 0 Å². The summed E-state index contributed by atoms with van der Waals surface area (Å²) in [5.41, 5.74) is 0. The van der Waals surface area contributed by atoms with Gasteiger partial charge in [-0.15, -0.1) is 0 Å². The fourth-order valence-electron chi connectivity index (χ4n) is 0. The molecule has 0 aliphatic heterocycles. The van der Waals surface area contributed by atoms with Crippen LogP contribution in [0.4, 0.5) is 0 Å². The molecule has 0 aliphatic rings. The topological polar surface area (TPSA) is 57.0 Å². The molecule has 1 radical (unpaired) electrons. The summed E-state index contributed by atoms with van der Waals surface area (Å²) >= 11 is 0. The maximum Gasteiger partial charge on any atom is 4.00 e. The maximum absolute atomic E-state index is 0. The second kappa shape index (κ2) is 25.7. The quantitative estimate of drug-likeness (QED) is 0.536. The van der Waals surface area contributed by atoms with Gasteiger partial charge in [-0.25, -0.2) is 0 Å². The van der Waals surface area contributed by atoms with Crippen LogP contribution in [-0.2, 0) is 37.2 Å². The molecule has 0 fully saturated rings. The minimum absolute atomic E-state index is 0. The Morgan fingerprint density at radius 2 is 0.800 bits per heavy atom. The molecule has 0 aliphatic carbocycles.